The lowest BCUT2D eigenvalue weighted by atomic mass is 9.85. The van der Waals surface area contributed by atoms with E-state index in [1.807, 2.05) is 37.3 Å². The second-order valence-corrected chi connectivity index (χ2v) is 5.21. The molecular weight excluding hydrogens is 296 g/mol. The summed E-state index contributed by atoms with van der Waals surface area (Å²) < 4.78 is 10.9. The van der Waals surface area contributed by atoms with Gasteiger partial charge in [0.25, 0.3) is 0 Å². The summed E-state index contributed by atoms with van der Waals surface area (Å²) in [5.41, 5.74) is 7.25. The van der Waals surface area contributed by atoms with E-state index in [1.165, 1.54) is 0 Å². The van der Waals surface area contributed by atoms with Gasteiger partial charge in [-0.2, -0.15) is 5.26 Å². The fourth-order valence-electron chi connectivity index (χ4n) is 2.68. The average Bonchev–Trinajstić information content (AvgIpc) is 2.55. The summed E-state index contributed by atoms with van der Waals surface area (Å²) in [5.74, 6) is -0.524. The number of hydrogen-bond donors (Lipinski definition) is 2. The number of aliphatic hydroxyl groups excluding tert-OH is 1. The number of aliphatic hydroxyl groups is 1. The lowest BCUT2D eigenvalue weighted by molar-refractivity contribution is 0.231. The number of nitrogens with two attached hydrogens (primary N) is 1. The van der Waals surface area contributed by atoms with Crippen molar-refractivity contribution in [2.45, 2.75) is 19.4 Å². The molecule has 0 bridgehead atoms. The maximum Gasteiger partial charge on any atom is 0.228 e. The van der Waals surface area contributed by atoms with Gasteiger partial charge in [-0.1, -0.05) is 24.3 Å². The van der Waals surface area contributed by atoms with Crippen molar-refractivity contribution in [1.82, 2.24) is 0 Å². The zero-order chi connectivity index (χ0) is 16.6. The Morgan fingerprint density at radius 3 is 2.78 bits per heavy atom. The highest BCUT2D eigenvalue weighted by Crippen LogP contribution is 2.41. The highest BCUT2D eigenvalue weighted by Gasteiger charge is 2.35. The molecule has 1 aliphatic rings. The monoisotopic (exact) mass is 310 g/mol. The van der Waals surface area contributed by atoms with Crippen LogP contribution < -0.4 is 15.9 Å². The van der Waals surface area contributed by atoms with Crippen molar-refractivity contribution in [1.29, 1.82) is 5.26 Å². The van der Waals surface area contributed by atoms with Gasteiger partial charge in [0.05, 0.1) is 5.92 Å². The maximum atomic E-state index is 12.2. The van der Waals surface area contributed by atoms with Crippen molar-refractivity contribution >= 4 is 0 Å². The quantitative estimate of drug-likeness (QED) is 0.873. The Kier molecular flexibility index (Phi) is 3.64. The summed E-state index contributed by atoms with van der Waals surface area (Å²) in [5, 5.41) is 18.7. The van der Waals surface area contributed by atoms with Crippen LogP contribution in [0.1, 0.15) is 28.6 Å². The standard InChI is InChI=1S/C17H14N2O4/c1-9-4-2-3-5-11(9)14-12(7-18)17(19)23-15-13(21)6-10(8-20)22-16(14)15/h2-6,14,20H,8,19H2,1H3/t14-/m0/s1. The molecule has 1 atom stereocenters. The zero-order valence-corrected chi connectivity index (χ0v) is 12.4. The first-order chi connectivity index (χ1) is 11.1. The van der Waals surface area contributed by atoms with Gasteiger partial charge in [0, 0.05) is 6.07 Å². The lowest BCUT2D eigenvalue weighted by Crippen LogP contribution is -2.25. The minimum atomic E-state index is -0.649. The predicted octanol–water partition coefficient (Wildman–Crippen LogP) is 1.66. The minimum absolute atomic E-state index is 0.0491. The van der Waals surface area contributed by atoms with Crippen LogP contribution in [0.3, 0.4) is 0 Å². The van der Waals surface area contributed by atoms with Gasteiger partial charge in [-0.3, -0.25) is 4.79 Å². The Bertz CT molecular complexity index is 906. The van der Waals surface area contributed by atoms with Gasteiger partial charge in [-0.25, -0.2) is 0 Å². The number of allylic oxidation sites excluding steroid dienone is 1. The van der Waals surface area contributed by atoms with Crippen molar-refractivity contribution in [3.8, 4) is 11.8 Å². The number of nitrogens with zero attached hydrogens (tertiary/aromatic N) is 1. The molecule has 116 valence electrons. The number of benzene rings is 1. The topological polar surface area (TPSA) is 109 Å². The summed E-state index contributed by atoms with van der Waals surface area (Å²) in [4.78, 5) is 12.2. The second-order valence-electron chi connectivity index (χ2n) is 5.21. The molecule has 6 nitrogen and oxygen atoms in total. The first-order valence-corrected chi connectivity index (χ1v) is 6.97. The Labute approximate surface area is 132 Å². The first kappa shape index (κ1) is 14.9. The molecule has 1 aromatic carbocycles. The molecule has 0 radical (unpaired) electrons. The van der Waals surface area contributed by atoms with Gasteiger partial charge >= 0.3 is 0 Å². The molecule has 3 rings (SSSR count). The van der Waals surface area contributed by atoms with Crippen LogP contribution in [-0.2, 0) is 6.61 Å². The Balaban J connectivity index is 2.34. The fourth-order valence-corrected chi connectivity index (χ4v) is 2.68. The summed E-state index contributed by atoms with van der Waals surface area (Å²) in [7, 11) is 0. The summed E-state index contributed by atoms with van der Waals surface area (Å²) in [6.45, 7) is 1.47. The van der Waals surface area contributed by atoms with Gasteiger partial charge in [0.1, 0.15) is 24.0 Å². The van der Waals surface area contributed by atoms with Crippen LogP contribution in [0.4, 0.5) is 0 Å². The third-order valence-corrected chi connectivity index (χ3v) is 3.78. The van der Waals surface area contributed by atoms with Gasteiger partial charge in [-0.15, -0.1) is 0 Å². The molecule has 0 unspecified atom stereocenters. The van der Waals surface area contributed by atoms with Gasteiger partial charge in [-0.05, 0) is 18.1 Å². The lowest BCUT2D eigenvalue weighted by Gasteiger charge is -2.25. The largest absolute Gasteiger partial charge is 0.458 e. The highest BCUT2D eigenvalue weighted by atomic mass is 16.5. The third kappa shape index (κ3) is 2.37. The summed E-state index contributed by atoms with van der Waals surface area (Å²) >= 11 is 0. The van der Waals surface area contributed by atoms with E-state index in [0.717, 1.165) is 17.2 Å². The number of ether oxygens (including phenoxy) is 1. The van der Waals surface area contributed by atoms with E-state index in [0.29, 0.717) is 0 Å². The van der Waals surface area contributed by atoms with Gasteiger partial charge < -0.3 is 20.0 Å². The van der Waals surface area contributed by atoms with Crippen molar-refractivity contribution in [3.63, 3.8) is 0 Å². The zero-order valence-electron chi connectivity index (χ0n) is 12.4. The van der Waals surface area contributed by atoms with Crippen LogP contribution in [0, 0.1) is 18.3 Å². The van der Waals surface area contributed by atoms with Crippen LogP contribution in [0.2, 0.25) is 0 Å². The van der Waals surface area contributed by atoms with E-state index >= 15 is 0 Å². The molecule has 0 saturated heterocycles. The van der Waals surface area contributed by atoms with Crippen molar-refractivity contribution in [3.05, 3.63) is 74.7 Å². The summed E-state index contributed by atoms with van der Waals surface area (Å²) in [6.07, 6.45) is 0. The molecule has 2 aromatic rings. The Hall–Kier alpha value is -3.04. The number of hydrogen-bond acceptors (Lipinski definition) is 6. The highest BCUT2D eigenvalue weighted by molar-refractivity contribution is 5.53. The minimum Gasteiger partial charge on any atom is -0.458 e. The smallest absolute Gasteiger partial charge is 0.228 e. The molecule has 0 amide bonds. The van der Waals surface area contributed by atoms with E-state index in [-0.39, 0.29) is 28.7 Å². The van der Waals surface area contributed by atoms with E-state index < -0.39 is 18.0 Å². The fraction of sp³-hybridized carbons (Fsp3) is 0.176. The molecule has 23 heavy (non-hydrogen) atoms. The number of nitriles is 1. The van der Waals surface area contributed by atoms with Crippen LogP contribution in [0.25, 0.3) is 0 Å². The van der Waals surface area contributed by atoms with Crippen LogP contribution >= 0.6 is 0 Å². The SMILES string of the molecule is Cc1ccccc1[C@H]1C(C#N)=C(N)Oc2c1oc(CO)cc2=O. The number of rotatable bonds is 2. The summed E-state index contributed by atoms with van der Waals surface area (Å²) in [6, 6.07) is 10.6. The van der Waals surface area contributed by atoms with E-state index in [2.05, 4.69) is 0 Å². The van der Waals surface area contributed by atoms with Crippen molar-refractivity contribution < 1.29 is 14.3 Å². The van der Waals surface area contributed by atoms with E-state index in [9.17, 15) is 15.2 Å². The van der Waals surface area contributed by atoms with Crippen LogP contribution in [0.15, 0.2) is 51.0 Å². The molecule has 3 N–H and O–H groups in total. The molecular formula is C17H14N2O4. The van der Waals surface area contributed by atoms with Crippen LogP contribution in [-0.4, -0.2) is 5.11 Å². The molecule has 0 aliphatic carbocycles. The first-order valence-electron chi connectivity index (χ1n) is 6.97. The van der Waals surface area contributed by atoms with Crippen LogP contribution in [0.5, 0.6) is 5.75 Å². The molecule has 6 heteroatoms. The molecule has 1 aliphatic heterocycles. The molecule has 0 spiro atoms. The third-order valence-electron chi connectivity index (χ3n) is 3.78. The number of fused-ring (bicyclic) bond motifs is 1. The van der Waals surface area contributed by atoms with E-state index in [1.54, 1.807) is 0 Å². The van der Waals surface area contributed by atoms with Crippen molar-refractivity contribution in [2.75, 3.05) is 0 Å². The maximum absolute atomic E-state index is 12.2. The van der Waals surface area contributed by atoms with Crippen molar-refractivity contribution in [2.24, 2.45) is 5.73 Å². The molecule has 0 saturated carbocycles. The normalized spacial score (nSPS) is 16.5. The molecule has 1 aromatic heterocycles. The van der Waals surface area contributed by atoms with E-state index in [4.69, 9.17) is 14.9 Å². The Morgan fingerprint density at radius 1 is 1.39 bits per heavy atom. The Morgan fingerprint density at radius 2 is 2.13 bits per heavy atom. The predicted molar refractivity (Wildman–Crippen MR) is 81.4 cm³/mol. The van der Waals surface area contributed by atoms with Gasteiger partial charge in [0.15, 0.2) is 5.76 Å². The number of aryl methyl sites for hydroxylation is 1. The van der Waals surface area contributed by atoms with Gasteiger partial charge in [0.2, 0.25) is 17.1 Å². The second kappa shape index (κ2) is 5.63. The molecule has 2 heterocycles. The average molecular weight is 310 g/mol. The molecule has 0 fully saturated rings.